The van der Waals surface area contributed by atoms with Crippen LogP contribution in [0.15, 0.2) is 65.1 Å². The van der Waals surface area contributed by atoms with Crippen molar-refractivity contribution >= 4 is 32.6 Å². The van der Waals surface area contributed by atoms with Crippen LogP contribution >= 0.6 is 0 Å². The Hall–Kier alpha value is -3.85. The number of rotatable bonds is 7. The smallest absolute Gasteiger partial charge is 0.340 e. The summed E-state index contributed by atoms with van der Waals surface area (Å²) in [5.41, 5.74) is 2.11. The number of benzene rings is 3. The van der Waals surface area contributed by atoms with Crippen LogP contribution in [0.3, 0.4) is 0 Å². The minimum Gasteiger partial charge on any atom is -0.478 e. The van der Waals surface area contributed by atoms with E-state index in [4.69, 9.17) is 9.15 Å². The maximum absolute atomic E-state index is 13.1. The number of carboxylic acids is 1. The van der Waals surface area contributed by atoms with Gasteiger partial charge >= 0.3 is 5.97 Å². The van der Waals surface area contributed by atoms with Gasteiger partial charge < -0.3 is 14.3 Å². The van der Waals surface area contributed by atoms with Crippen LogP contribution in [-0.2, 0) is 10.0 Å². The van der Waals surface area contributed by atoms with Gasteiger partial charge in [-0.3, -0.25) is 4.31 Å². The topological polar surface area (TPSA) is 97.1 Å². The molecule has 1 N–H and O–H groups in total. The van der Waals surface area contributed by atoms with Gasteiger partial charge in [0, 0.05) is 24.1 Å². The van der Waals surface area contributed by atoms with Crippen molar-refractivity contribution in [2.75, 3.05) is 17.6 Å². The van der Waals surface area contributed by atoms with Crippen LogP contribution in [0.1, 0.15) is 34.7 Å². The third-order valence-corrected chi connectivity index (χ3v) is 7.26. The Morgan fingerprint density at radius 2 is 1.66 bits per heavy atom. The van der Waals surface area contributed by atoms with Gasteiger partial charge in [0.05, 0.1) is 11.9 Å². The average Bonchev–Trinajstić information content (AvgIpc) is 3.59. The first kappa shape index (κ1) is 22.9. The number of fused-ring (bicyclic) bond motifs is 1. The predicted molar refractivity (Wildman–Crippen MR) is 130 cm³/mol. The third kappa shape index (κ3) is 4.46. The van der Waals surface area contributed by atoms with Gasteiger partial charge in [-0.05, 0) is 78.9 Å². The van der Waals surface area contributed by atoms with Gasteiger partial charge in [0.25, 0.3) is 0 Å². The number of hydrogen-bond acceptors (Lipinski definition) is 5. The van der Waals surface area contributed by atoms with Crippen LogP contribution in [-0.4, -0.2) is 32.8 Å². The van der Waals surface area contributed by atoms with E-state index in [1.54, 1.807) is 36.4 Å². The molecule has 0 atom stereocenters. The molecule has 9 heteroatoms. The number of aromatic carboxylic acids is 1. The Labute approximate surface area is 201 Å². The fourth-order valence-electron chi connectivity index (χ4n) is 4.05. The van der Waals surface area contributed by atoms with Gasteiger partial charge in [-0.15, -0.1) is 0 Å². The van der Waals surface area contributed by atoms with E-state index in [2.05, 4.69) is 0 Å². The Kier molecular flexibility index (Phi) is 5.52. The molecule has 1 fully saturated rings. The summed E-state index contributed by atoms with van der Waals surface area (Å²) < 4.78 is 50.4. The second-order valence-electron chi connectivity index (χ2n) is 8.60. The monoisotopic (exact) mass is 495 g/mol. The number of hydrogen-bond donors (Lipinski definition) is 1. The summed E-state index contributed by atoms with van der Waals surface area (Å²) in [6.45, 7) is 0. The molecule has 0 amide bonds. The van der Waals surface area contributed by atoms with Crippen molar-refractivity contribution in [3.05, 3.63) is 77.6 Å². The minimum absolute atomic E-state index is 0.0164. The number of nitrogens with zero attached hydrogens (tertiary/aromatic N) is 1. The van der Waals surface area contributed by atoms with Crippen LogP contribution in [0.25, 0.3) is 22.3 Å². The lowest BCUT2D eigenvalue weighted by molar-refractivity contribution is 0.0699. The Balaban J connectivity index is 1.57. The predicted octanol–water partition coefficient (Wildman–Crippen LogP) is 6.00. The van der Waals surface area contributed by atoms with E-state index in [1.165, 1.54) is 35.6 Å². The highest BCUT2D eigenvalue weighted by Crippen LogP contribution is 2.47. The third-order valence-electron chi connectivity index (χ3n) is 6.07. The van der Waals surface area contributed by atoms with Crippen molar-refractivity contribution in [3.8, 4) is 22.8 Å². The van der Waals surface area contributed by atoms with E-state index in [0.717, 1.165) is 24.7 Å². The summed E-state index contributed by atoms with van der Waals surface area (Å²) in [5, 5.41) is 10.4. The van der Waals surface area contributed by atoms with Gasteiger partial charge in [-0.2, -0.15) is 0 Å². The van der Waals surface area contributed by atoms with E-state index in [-0.39, 0.29) is 23.1 Å². The van der Waals surface area contributed by atoms with Crippen molar-refractivity contribution < 1.29 is 31.9 Å². The molecule has 0 spiro atoms. The zero-order valence-electron chi connectivity index (χ0n) is 19.0. The number of furan rings is 1. The van der Waals surface area contributed by atoms with Crippen molar-refractivity contribution in [1.29, 1.82) is 0 Å². The lowest BCUT2D eigenvalue weighted by Gasteiger charge is -2.20. The standard InChI is InChI=1S/C26H22FNO6S/c1-28(35(2,31)32)22-14-23-21(13-20(22)15-3-4-15)24(26(29)30)25(34-23)16-5-9-18(10-6-16)33-19-11-7-17(27)8-12-19/h5-15H,3-4H2,1-2H3,(H,29,30). The molecule has 4 aromatic rings. The van der Waals surface area contributed by atoms with Gasteiger partial charge in [0.2, 0.25) is 10.0 Å². The molecule has 1 saturated carbocycles. The number of halogens is 1. The van der Waals surface area contributed by atoms with Gasteiger partial charge in [0.1, 0.15) is 34.2 Å². The summed E-state index contributed by atoms with van der Waals surface area (Å²) in [5.74, 6) is -0.209. The summed E-state index contributed by atoms with van der Waals surface area (Å²) in [6, 6.07) is 15.6. The molecular weight excluding hydrogens is 473 g/mol. The normalized spacial score (nSPS) is 13.7. The molecule has 0 bridgehead atoms. The van der Waals surface area contributed by atoms with Crippen LogP contribution < -0.4 is 9.04 Å². The van der Waals surface area contributed by atoms with Crippen LogP contribution in [0, 0.1) is 5.82 Å². The molecule has 0 radical (unpaired) electrons. The Morgan fingerprint density at radius 3 is 2.20 bits per heavy atom. The molecule has 0 saturated heterocycles. The summed E-state index contributed by atoms with van der Waals surface area (Å²) in [7, 11) is -2.04. The molecule has 1 heterocycles. The van der Waals surface area contributed by atoms with E-state index in [9.17, 15) is 22.7 Å². The molecule has 0 unspecified atom stereocenters. The minimum atomic E-state index is -3.52. The maximum atomic E-state index is 13.1. The van der Waals surface area contributed by atoms with Gasteiger partial charge in [0.15, 0.2) is 0 Å². The van der Waals surface area contributed by atoms with E-state index in [0.29, 0.717) is 33.7 Å². The van der Waals surface area contributed by atoms with Crippen molar-refractivity contribution in [2.45, 2.75) is 18.8 Å². The number of carbonyl (C=O) groups is 1. The molecule has 1 aliphatic rings. The van der Waals surface area contributed by atoms with Crippen LogP contribution in [0.2, 0.25) is 0 Å². The Bertz CT molecular complexity index is 1540. The Morgan fingerprint density at radius 1 is 1.06 bits per heavy atom. The zero-order chi connectivity index (χ0) is 24.9. The summed E-state index contributed by atoms with van der Waals surface area (Å²) in [6.07, 6.45) is 2.96. The fraction of sp³-hybridized carbons (Fsp3) is 0.192. The van der Waals surface area contributed by atoms with Crippen LogP contribution in [0.4, 0.5) is 10.1 Å². The molecule has 0 aliphatic heterocycles. The largest absolute Gasteiger partial charge is 0.478 e. The number of anilines is 1. The first-order valence-corrected chi connectivity index (χ1v) is 12.8. The second kappa shape index (κ2) is 8.42. The summed E-state index contributed by atoms with van der Waals surface area (Å²) in [4.78, 5) is 12.3. The average molecular weight is 496 g/mol. The fourth-order valence-corrected chi connectivity index (χ4v) is 4.57. The quantitative estimate of drug-likeness (QED) is 0.338. The van der Waals surface area contributed by atoms with E-state index < -0.39 is 16.0 Å². The highest BCUT2D eigenvalue weighted by atomic mass is 32.2. The molecule has 7 nitrogen and oxygen atoms in total. The maximum Gasteiger partial charge on any atom is 0.340 e. The lowest BCUT2D eigenvalue weighted by atomic mass is 10.0. The first-order chi connectivity index (χ1) is 16.6. The highest BCUT2D eigenvalue weighted by Gasteiger charge is 2.32. The first-order valence-electron chi connectivity index (χ1n) is 10.9. The zero-order valence-corrected chi connectivity index (χ0v) is 19.8. The molecular formula is C26H22FNO6S. The van der Waals surface area contributed by atoms with Crippen molar-refractivity contribution in [3.63, 3.8) is 0 Å². The van der Waals surface area contributed by atoms with Crippen molar-refractivity contribution in [2.24, 2.45) is 0 Å². The molecule has 3 aromatic carbocycles. The van der Waals surface area contributed by atoms with Crippen molar-refractivity contribution in [1.82, 2.24) is 0 Å². The molecule has 5 rings (SSSR count). The number of carboxylic acid groups (broad SMARTS) is 1. The van der Waals surface area contributed by atoms with E-state index in [1.807, 2.05) is 0 Å². The van der Waals surface area contributed by atoms with Gasteiger partial charge in [-0.25, -0.2) is 17.6 Å². The highest BCUT2D eigenvalue weighted by molar-refractivity contribution is 7.92. The molecule has 1 aromatic heterocycles. The second-order valence-corrected chi connectivity index (χ2v) is 10.6. The number of sulfonamides is 1. The molecule has 1 aliphatic carbocycles. The summed E-state index contributed by atoms with van der Waals surface area (Å²) >= 11 is 0. The molecule has 180 valence electrons. The SMILES string of the molecule is CN(c1cc2oc(-c3ccc(Oc4ccc(F)cc4)cc3)c(C(=O)O)c2cc1C1CC1)S(C)(=O)=O. The van der Waals surface area contributed by atoms with E-state index >= 15 is 0 Å². The van der Waals surface area contributed by atoms with Crippen LogP contribution in [0.5, 0.6) is 11.5 Å². The lowest BCUT2D eigenvalue weighted by Crippen LogP contribution is -2.25. The van der Waals surface area contributed by atoms with Gasteiger partial charge in [-0.1, -0.05) is 0 Å². The number of ether oxygens (including phenoxy) is 1. The molecule has 35 heavy (non-hydrogen) atoms.